The van der Waals surface area contributed by atoms with Crippen LogP contribution in [0.5, 0.6) is 0 Å². The first-order valence-corrected chi connectivity index (χ1v) is 10.2. The summed E-state index contributed by atoms with van der Waals surface area (Å²) in [5.74, 6) is 1.63. The molecule has 9 heteroatoms. The second kappa shape index (κ2) is 8.18. The van der Waals surface area contributed by atoms with E-state index in [0.29, 0.717) is 37.9 Å². The Kier molecular flexibility index (Phi) is 5.46. The van der Waals surface area contributed by atoms with E-state index in [9.17, 15) is 9.59 Å². The Bertz CT molecular complexity index is 919. The lowest BCUT2D eigenvalue weighted by Crippen LogP contribution is -2.49. The summed E-state index contributed by atoms with van der Waals surface area (Å²) >= 11 is 0. The number of rotatable bonds is 3. The minimum absolute atomic E-state index is 0.152. The fraction of sp³-hybridized carbons (Fsp3) is 0.550. The Hall–Kier alpha value is -2.97. The summed E-state index contributed by atoms with van der Waals surface area (Å²) < 4.78 is 1.18. The number of hydrogen-bond donors (Lipinski definition) is 0. The smallest absolute Gasteiger partial charge is 0.274 e. The van der Waals surface area contributed by atoms with Gasteiger partial charge in [-0.05, 0) is 44.4 Å². The molecule has 0 N–H and O–H groups in total. The van der Waals surface area contributed by atoms with Crippen LogP contribution in [0.15, 0.2) is 29.1 Å². The van der Waals surface area contributed by atoms with Crippen molar-refractivity contribution in [1.29, 1.82) is 0 Å². The standard InChI is InChI=1S/C20H27N7O2/c1-15-5-3-4-10-27(15)18-8-7-17(21-22-18)25-11-13-26(14-12-25)20(29)16-6-9-19(28)24(2)23-16/h6-9,15H,3-5,10-14H2,1-2H3. The maximum Gasteiger partial charge on any atom is 0.274 e. The molecule has 4 rings (SSSR count). The Morgan fingerprint density at radius 2 is 1.69 bits per heavy atom. The number of nitrogens with zero attached hydrogens (tertiary/aromatic N) is 7. The van der Waals surface area contributed by atoms with Gasteiger partial charge in [0.2, 0.25) is 0 Å². The minimum Gasteiger partial charge on any atom is -0.352 e. The molecule has 1 amide bonds. The van der Waals surface area contributed by atoms with Gasteiger partial charge < -0.3 is 14.7 Å². The fourth-order valence-corrected chi connectivity index (χ4v) is 4.00. The summed E-state index contributed by atoms with van der Waals surface area (Å²) in [5, 5.41) is 13.0. The van der Waals surface area contributed by atoms with Gasteiger partial charge in [0, 0.05) is 51.9 Å². The lowest BCUT2D eigenvalue weighted by Gasteiger charge is -2.36. The van der Waals surface area contributed by atoms with Crippen LogP contribution in [0.4, 0.5) is 11.6 Å². The first-order chi connectivity index (χ1) is 14.0. The van der Waals surface area contributed by atoms with Gasteiger partial charge in [-0.25, -0.2) is 4.68 Å². The summed E-state index contributed by atoms with van der Waals surface area (Å²) in [6, 6.07) is 7.44. The van der Waals surface area contributed by atoms with E-state index < -0.39 is 0 Å². The molecule has 2 saturated heterocycles. The molecule has 2 aliphatic heterocycles. The highest BCUT2D eigenvalue weighted by atomic mass is 16.2. The predicted molar refractivity (Wildman–Crippen MR) is 110 cm³/mol. The molecule has 29 heavy (non-hydrogen) atoms. The topological polar surface area (TPSA) is 87.5 Å². The largest absolute Gasteiger partial charge is 0.352 e. The number of carbonyl (C=O) groups is 1. The SMILES string of the molecule is CC1CCCCN1c1ccc(N2CCN(C(=O)c3ccc(=O)n(C)n3)CC2)nn1. The van der Waals surface area contributed by atoms with Crippen molar-refractivity contribution in [3.05, 3.63) is 40.3 Å². The lowest BCUT2D eigenvalue weighted by molar-refractivity contribution is 0.0738. The van der Waals surface area contributed by atoms with Gasteiger partial charge in [0.1, 0.15) is 5.69 Å². The van der Waals surface area contributed by atoms with Crippen molar-refractivity contribution in [1.82, 2.24) is 24.9 Å². The van der Waals surface area contributed by atoms with E-state index >= 15 is 0 Å². The maximum atomic E-state index is 12.7. The zero-order chi connectivity index (χ0) is 20.4. The summed E-state index contributed by atoms with van der Waals surface area (Å²) in [4.78, 5) is 30.4. The number of carbonyl (C=O) groups excluding carboxylic acids is 1. The second-order valence-corrected chi connectivity index (χ2v) is 7.75. The number of anilines is 2. The fourth-order valence-electron chi connectivity index (χ4n) is 4.00. The zero-order valence-corrected chi connectivity index (χ0v) is 17.0. The third kappa shape index (κ3) is 4.08. The van der Waals surface area contributed by atoms with Gasteiger partial charge in [0.25, 0.3) is 11.5 Å². The van der Waals surface area contributed by atoms with E-state index in [4.69, 9.17) is 0 Å². The molecule has 0 spiro atoms. The van der Waals surface area contributed by atoms with E-state index in [1.807, 2.05) is 6.07 Å². The van der Waals surface area contributed by atoms with Gasteiger partial charge in [-0.15, -0.1) is 10.2 Å². The molecule has 0 radical (unpaired) electrons. The number of piperidine rings is 1. The number of hydrogen-bond acceptors (Lipinski definition) is 7. The van der Waals surface area contributed by atoms with Crippen LogP contribution in [-0.4, -0.2) is 69.6 Å². The molecule has 2 aromatic heterocycles. The van der Waals surface area contributed by atoms with E-state index in [1.54, 1.807) is 11.9 Å². The van der Waals surface area contributed by atoms with Crippen molar-refractivity contribution in [2.24, 2.45) is 7.05 Å². The van der Waals surface area contributed by atoms with Crippen LogP contribution < -0.4 is 15.4 Å². The molecular weight excluding hydrogens is 370 g/mol. The summed E-state index contributed by atoms with van der Waals surface area (Å²) in [6.07, 6.45) is 3.68. The van der Waals surface area contributed by atoms with Gasteiger partial charge in [0.05, 0.1) is 0 Å². The average Bonchev–Trinajstić information content (AvgIpc) is 2.76. The summed E-state index contributed by atoms with van der Waals surface area (Å²) in [7, 11) is 1.55. The average molecular weight is 397 g/mol. The molecule has 2 aliphatic rings. The predicted octanol–water partition coefficient (Wildman–Crippen LogP) is 0.912. The third-order valence-electron chi connectivity index (χ3n) is 5.80. The Balaban J connectivity index is 1.37. The molecule has 0 bridgehead atoms. The van der Waals surface area contributed by atoms with Crippen LogP contribution in [0.25, 0.3) is 0 Å². The maximum absolute atomic E-state index is 12.7. The molecule has 1 unspecified atom stereocenters. The highest BCUT2D eigenvalue weighted by molar-refractivity contribution is 5.92. The normalized spacial score (nSPS) is 20.1. The number of aromatic nitrogens is 4. The van der Waals surface area contributed by atoms with E-state index in [-0.39, 0.29) is 11.5 Å². The molecular formula is C20H27N7O2. The Morgan fingerprint density at radius 1 is 0.966 bits per heavy atom. The van der Waals surface area contributed by atoms with Crippen molar-refractivity contribution in [2.75, 3.05) is 42.5 Å². The molecule has 0 aliphatic carbocycles. The Morgan fingerprint density at radius 3 is 2.34 bits per heavy atom. The number of amides is 1. The van der Waals surface area contributed by atoms with E-state index in [1.165, 1.54) is 36.1 Å². The van der Waals surface area contributed by atoms with Crippen LogP contribution in [0.3, 0.4) is 0 Å². The van der Waals surface area contributed by atoms with Gasteiger partial charge in [-0.3, -0.25) is 9.59 Å². The summed E-state index contributed by atoms with van der Waals surface area (Å²) in [6.45, 7) is 5.81. The quantitative estimate of drug-likeness (QED) is 0.761. The second-order valence-electron chi connectivity index (χ2n) is 7.75. The van der Waals surface area contributed by atoms with Gasteiger partial charge >= 0.3 is 0 Å². The van der Waals surface area contributed by atoms with Crippen LogP contribution in [0.1, 0.15) is 36.7 Å². The lowest BCUT2D eigenvalue weighted by atomic mass is 10.0. The molecule has 0 saturated carbocycles. The zero-order valence-electron chi connectivity index (χ0n) is 17.0. The monoisotopic (exact) mass is 397 g/mol. The molecule has 2 fully saturated rings. The minimum atomic E-state index is -0.229. The van der Waals surface area contributed by atoms with E-state index in [2.05, 4.69) is 38.1 Å². The van der Waals surface area contributed by atoms with Crippen molar-refractivity contribution in [3.8, 4) is 0 Å². The molecule has 154 valence electrons. The molecule has 1 atom stereocenters. The van der Waals surface area contributed by atoms with Crippen LogP contribution in [0, 0.1) is 0 Å². The van der Waals surface area contributed by atoms with Crippen molar-refractivity contribution < 1.29 is 4.79 Å². The van der Waals surface area contributed by atoms with Crippen molar-refractivity contribution in [2.45, 2.75) is 32.2 Å². The highest BCUT2D eigenvalue weighted by Gasteiger charge is 2.25. The number of piperazine rings is 1. The molecule has 0 aromatic carbocycles. The van der Waals surface area contributed by atoms with Gasteiger partial charge in [-0.2, -0.15) is 5.10 Å². The van der Waals surface area contributed by atoms with E-state index in [0.717, 1.165) is 18.2 Å². The van der Waals surface area contributed by atoms with Crippen LogP contribution >= 0.6 is 0 Å². The van der Waals surface area contributed by atoms with Crippen molar-refractivity contribution in [3.63, 3.8) is 0 Å². The summed E-state index contributed by atoms with van der Waals surface area (Å²) in [5.41, 5.74) is 0.0627. The highest BCUT2D eigenvalue weighted by Crippen LogP contribution is 2.23. The first-order valence-electron chi connectivity index (χ1n) is 10.2. The van der Waals surface area contributed by atoms with Crippen LogP contribution in [0.2, 0.25) is 0 Å². The molecule has 4 heterocycles. The number of aryl methyl sites for hydroxylation is 1. The van der Waals surface area contributed by atoms with Gasteiger partial charge in [-0.1, -0.05) is 0 Å². The Labute approximate surface area is 169 Å². The van der Waals surface area contributed by atoms with Crippen molar-refractivity contribution >= 4 is 17.5 Å². The molecule has 9 nitrogen and oxygen atoms in total. The van der Waals surface area contributed by atoms with Crippen LogP contribution in [-0.2, 0) is 7.05 Å². The van der Waals surface area contributed by atoms with Gasteiger partial charge in [0.15, 0.2) is 11.6 Å². The first kappa shape index (κ1) is 19.4. The molecule has 2 aromatic rings. The third-order valence-corrected chi connectivity index (χ3v) is 5.80.